The Hall–Kier alpha value is -0.470. The number of benzene rings is 1. The molecule has 0 aliphatic carbocycles. The van der Waals surface area contributed by atoms with Crippen molar-refractivity contribution in [1.82, 2.24) is 5.32 Å². The fourth-order valence-electron chi connectivity index (χ4n) is 3.52. The van der Waals surface area contributed by atoms with E-state index in [2.05, 4.69) is 57.3 Å². The summed E-state index contributed by atoms with van der Waals surface area (Å²) in [7, 11) is 0. The molecule has 2 atom stereocenters. The van der Waals surface area contributed by atoms with Crippen LogP contribution in [0.5, 0.6) is 0 Å². The van der Waals surface area contributed by atoms with Gasteiger partial charge in [0.05, 0.1) is 0 Å². The Labute approximate surface area is 135 Å². The molecule has 0 bridgehead atoms. The molecule has 0 saturated heterocycles. The Balaban J connectivity index is 1.99. The van der Waals surface area contributed by atoms with E-state index >= 15 is 0 Å². The second-order valence-electron chi connectivity index (χ2n) is 7.34. The molecule has 0 fully saturated rings. The number of hydrogen-bond donors (Lipinski definition) is 1. The molecule has 1 aromatic rings. The normalized spacial score (nSPS) is 20.5. The lowest BCUT2D eigenvalue weighted by Crippen LogP contribution is -2.35. The molecule has 1 N–H and O–H groups in total. The van der Waals surface area contributed by atoms with Crippen LogP contribution in [0, 0.1) is 11.3 Å². The highest BCUT2D eigenvalue weighted by Gasteiger charge is 2.31. The fourth-order valence-corrected chi connectivity index (χ4v) is 4.78. The highest BCUT2D eigenvalue weighted by Crippen LogP contribution is 2.45. The van der Waals surface area contributed by atoms with Crippen molar-refractivity contribution in [2.45, 2.75) is 57.8 Å². The van der Waals surface area contributed by atoms with Gasteiger partial charge >= 0.3 is 0 Å². The Morgan fingerprint density at radius 1 is 1.33 bits per heavy atom. The van der Waals surface area contributed by atoms with Gasteiger partial charge in [0.25, 0.3) is 0 Å². The van der Waals surface area contributed by atoms with Gasteiger partial charge in [0.15, 0.2) is 0 Å². The summed E-state index contributed by atoms with van der Waals surface area (Å²) < 4.78 is 0. The third-order valence-electron chi connectivity index (χ3n) is 4.50. The first kappa shape index (κ1) is 16.9. The monoisotopic (exact) mass is 305 g/mol. The summed E-state index contributed by atoms with van der Waals surface area (Å²) in [5.41, 5.74) is 2.01. The van der Waals surface area contributed by atoms with Crippen LogP contribution in [0.1, 0.15) is 58.4 Å². The summed E-state index contributed by atoms with van der Waals surface area (Å²) in [4.78, 5) is 1.51. The Bertz CT molecular complexity index is 443. The molecule has 1 aromatic carbocycles. The molecule has 1 aliphatic rings. The second kappa shape index (κ2) is 7.69. The zero-order chi connectivity index (χ0) is 15.3. The van der Waals surface area contributed by atoms with Crippen LogP contribution >= 0.6 is 11.8 Å². The van der Waals surface area contributed by atoms with Crippen LogP contribution in [0.2, 0.25) is 0 Å². The largest absolute Gasteiger partial charge is 0.316 e. The van der Waals surface area contributed by atoms with Gasteiger partial charge in [-0.15, -0.1) is 11.8 Å². The Kier molecular flexibility index (Phi) is 6.19. The molecule has 0 radical (unpaired) electrons. The molecular formula is C19H31NS. The number of nitrogens with one attached hydrogen (secondary N) is 1. The van der Waals surface area contributed by atoms with Crippen LogP contribution in [-0.2, 0) is 0 Å². The van der Waals surface area contributed by atoms with Crippen LogP contribution in [0.15, 0.2) is 29.2 Å². The van der Waals surface area contributed by atoms with E-state index in [0.717, 1.165) is 24.9 Å². The van der Waals surface area contributed by atoms with E-state index in [9.17, 15) is 0 Å². The van der Waals surface area contributed by atoms with Gasteiger partial charge in [-0.1, -0.05) is 52.3 Å². The van der Waals surface area contributed by atoms with E-state index in [4.69, 9.17) is 0 Å². The number of fused-ring (bicyclic) bond motifs is 1. The van der Waals surface area contributed by atoms with Gasteiger partial charge in [0.1, 0.15) is 0 Å². The number of thioether (sulfide) groups is 1. The molecule has 21 heavy (non-hydrogen) atoms. The topological polar surface area (TPSA) is 12.0 Å². The van der Waals surface area contributed by atoms with Crippen LogP contribution in [0.25, 0.3) is 0 Å². The van der Waals surface area contributed by atoms with Crippen molar-refractivity contribution in [1.29, 1.82) is 0 Å². The average molecular weight is 306 g/mol. The van der Waals surface area contributed by atoms with Crippen molar-refractivity contribution in [3.63, 3.8) is 0 Å². The number of rotatable bonds is 8. The molecule has 2 unspecified atom stereocenters. The Morgan fingerprint density at radius 2 is 2.10 bits per heavy atom. The molecule has 0 saturated carbocycles. The SMILES string of the molecule is CCCC(C)(CNCC(C)C)CC1CSc2ccccc21. The van der Waals surface area contributed by atoms with E-state index in [0.29, 0.717) is 5.41 Å². The summed E-state index contributed by atoms with van der Waals surface area (Å²) in [6.07, 6.45) is 3.92. The minimum atomic E-state index is 0.423. The molecule has 1 heterocycles. The highest BCUT2D eigenvalue weighted by atomic mass is 32.2. The molecule has 118 valence electrons. The smallest absolute Gasteiger partial charge is 0.0107 e. The van der Waals surface area contributed by atoms with E-state index in [1.807, 2.05) is 11.8 Å². The summed E-state index contributed by atoms with van der Waals surface area (Å²) in [6.45, 7) is 11.7. The second-order valence-corrected chi connectivity index (χ2v) is 8.40. The number of hydrogen-bond acceptors (Lipinski definition) is 2. The van der Waals surface area contributed by atoms with Gasteiger partial charge in [0.2, 0.25) is 0 Å². The van der Waals surface area contributed by atoms with Crippen LogP contribution in [0.4, 0.5) is 0 Å². The summed E-state index contributed by atoms with van der Waals surface area (Å²) in [5.74, 6) is 2.74. The van der Waals surface area contributed by atoms with Gasteiger partial charge in [-0.05, 0) is 48.3 Å². The van der Waals surface area contributed by atoms with Gasteiger partial charge in [-0.2, -0.15) is 0 Å². The molecule has 1 nitrogen and oxygen atoms in total. The Morgan fingerprint density at radius 3 is 2.81 bits per heavy atom. The molecule has 0 amide bonds. The van der Waals surface area contributed by atoms with E-state index < -0.39 is 0 Å². The molecular weight excluding hydrogens is 274 g/mol. The summed E-state index contributed by atoms with van der Waals surface area (Å²) >= 11 is 2.04. The maximum absolute atomic E-state index is 3.70. The summed E-state index contributed by atoms with van der Waals surface area (Å²) in [5, 5.41) is 3.70. The van der Waals surface area contributed by atoms with Crippen molar-refractivity contribution < 1.29 is 0 Å². The van der Waals surface area contributed by atoms with Crippen molar-refractivity contribution >= 4 is 11.8 Å². The minimum absolute atomic E-state index is 0.423. The molecule has 2 rings (SSSR count). The van der Waals surface area contributed by atoms with Crippen LogP contribution in [0.3, 0.4) is 0 Å². The lowest BCUT2D eigenvalue weighted by molar-refractivity contribution is 0.238. The lowest BCUT2D eigenvalue weighted by Gasteiger charge is -2.33. The molecule has 2 heteroatoms. The fraction of sp³-hybridized carbons (Fsp3) is 0.684. The highest BCUT2D eigenvalue weighted by molar-refractivity contribution is 7.99. The lowest BCUT2D eigenvalue weighted by atomic mass is 9.76. The quantitative estimate of drug-likeness (QED) is 0.698. The standard InChI is InChI=1S/C19H31NS/c1-5-10-19(4,14-20-12-15(2)3)11-16-13-21-18-9-7-6-8-17(16)18/h6-9,15-16,20H,5,10-14H2,1-4H3. The van der Waals surface area contributed by atoms with Crippen molar-refractivity contribution in [3.05, 3.63) is 29.8 Å². The predicted molar refractivity (Wildman–Crippen MR) is 95.2 cm³/mol. The maximum atomic E-state index is 3.70. The van der Waals surface area contributed by atoms with Crippen LogP contribution < -0.4 is 5.32 Å². The summed E-state index contributed by atoms with van der Waals surface area (Å²) in [6, 6.07) is 9.00. The van der Waals surface area contributed by atoms with Gasteiger partial charge in [-0.3, -0.25) is 0 Å². The molecule has 0 spiro atoms. The van der Waals surface area contributed by atoms with E-state index in [-0.39, 0.29) is 0 Å². The van der Waals surface area contributed by atoms with Crippen molar-refractivity contribution in [2.75, 3.05) is 18.8 Å². The third kappa shape index (κ3) is 4.75. The predicted octanol–water partition coefficient (Wildman–Crippen LogP) is 5.32. The zero-order valence-corrected chi connectivity index (χ0v) is 14.9. The molecule has 0 aromatic heterocycles. The first-order valence-corrected chi connectivity index (χ1v) is 9.45. The van der Waals surface area contributed by atoms with Gasteiger partial charge in [-0.25, -0.2) is 0 Å². The van der Waals surface area contributed by atoms with Crippen molar-refractivity contribution in [2.24, 2.45) is 11.3 Å². The first-order valence-electron chi connectivity index (χ1n) is 8.46. The van der Waals surface area contributed by atoms with Gasteiger partial charge in [0, 0.05) is 17.2 Å². The third-order valence-corrected chi connectivity index (χ3v) is 5.75. The van der Waals surface area contributed by atoms with E-state index in [1.165, 1.54) is 29.9 Å². The first-order chi connectivity index (χ1) is 10.0. The van der Waals surface area contributed by atoms with Crippen LogP contribution in [-0.4, -0.2) is 18.8 Å². The average Bonchev–Trinajstić information content (AvgIpc) is 2.82. The molecule has 1 aliphatic heterocycles. The van der Waals surface area contributed by atoms with Gasteiger partial charge < -0.3 is 5.32 Å². The zero-order valence-electron chi connectivity index (χ0n) is 14.1. The van der Waals surface area contributed by atoms with E-state index in [1.54, 1.807) is 5.56 Å². The maximum Gasteiger partial charge on any atom is 0.0107 e. The van der Waals surface area contributed by atoms with Crippen molar-refractivity contribution in [3.8, 4) is 0 Å². The minimum Gasteiger partial charge on any atom is -0.316 e.